The Hall–Kier alpha value is -2.87. The Bertz CT molecular complexity index is 1050. The number of hydrogen-bond acceptors (Lipinski definition) is 4. The lowest BCUT2D eigenvalue weighted by Gasteiger charge is -2.32. The Morgan fingerprint density at radius 1 is 1.10 bits per heavy atom. The van der Waals surface area contributed by atoms with Crippen molar-refractivity contribution >= 4 is 16.8 Å². The van der Waals surface area contributed by atoms with Crippen molar-refractivity contribution in [3.8, 4) is 5.75 Å². The third-order valence-corrected chi connectivity index (χ3v) is 5.84. The van der Waals surface area contributed by atoms with Crippen molar-refractivity contribution in [3.63, 3.8) is 0 Å². The topological polar surface area (TPSA) is 47.4 Å². The number of fused-ring (bicyclic) bond motifs is 1. The molecule has 3 aromatic rings. The second kappa shape index (κ2) is 8.70. The molecule has 0 radical (unpaired) electrons. The zero-order valence-corrected chi connectivity index (χ0v) is 17.2. The van der Waals surface area contributed by atoms with Crippen LogP contribution in [-0.2, 0) is 12.7 Å². The molecule has 1 saturated heterocycles. The number of benzene rings is 2. The van der Waals surface area contributed by atoms with Crippen molar-refractivity contribution in [2.75, 3.05) is 26.7 Å². The fraction of sp³-hybridized carbons (Fsp3) is 0.391. The summed E-state index contributed by atoms with van der Waals surface area (Å²) in [5, 5.41) is 0. The van der Waals surface area contributed by atoms with Gasteiger partial charge in [0.25, 0.3) is 0 Å². The number of piperidine rings is 1. The Balaban J connectivity index is 1.39. The van der Waals surface area contributed by atoms with Gasteiger partial charge in [-0.3, -0.25) is 9.69 Å². The van der Waals surface area contributed by atoms with E-state index in [4.69, 9.17) is 4.74 Å². The van der Waals surface area contributed by atoms with Crippen LogP contribution in [0.5, 0.6) is 5.75 Å². The first-order chi connectivity index (χ1) is 14.8. The molecule has 0 unspecified atom stereocenters. The summed E-state index contributed by atoms with van der Waals surface area (Å²) in [7, 11) is 1.57. The minimum Gasteiger partial charge on any atom is -0.497 e. The van der Waals surface area contributed by atoms with Crippen molar-refractivity contribution in [1.29, 1.82) is 0 Å². The number of halogens is 3. The van der Waals surface area contributed by atoms with Gasteiger partial charge < -0.3 is 9.30 Å². The number of para-hydroxylation sites is 2. The van der Waals surface area contributed by atoms with Gasteiger partial charge in [0, 0.05) is 12.1 Å². The molecule has 0 aliphatic carbocycles. The lowest BCUT2D eigenvalue weighted by Crippen LogP contribution is -2.38. The highest BCUT2D eigenvalue weighted by atomic mass is 19.4. The predicted octanol–water partition coefficient (Wildman–Crippen LogP) is 4.66. The molecule has 2 aromatic carbocycles. The molecule has 0 amide bonds. The smallest absolute Gasteiger partial charge is 0.449 e. The van der Waals surface area contributed by atoms with E-state index in [1.165, 1.54) is 4.57 Å². The molecule has 4 rings (SSSR count). The average Bonchev–Trinajstić information content (AvgIpc) is 3.14. The van der Waals surface area contributed by atoms with E-state index in [2.05, 4.69) is 9.88 Å². The maximum atomic E-state index is 13.5. The predicted molar refractivity (Wildman–Crippen MR) is 111 cm³/mol. The highest BCUT2D eigenvalue weighted by Crippen LogP contribution is 2.33. The van der Waals surface area contributed by atoms with Gasteiger partial charge in [-0.15, -0.1) is 0 Å². The normalized spacial score (nSPS) is 16.0. The molecule has 1 aliphatic rings. The maximum Gasteiger partial charge on any atom is 0.449 e. The van der Waals surface area contributed by atoms with Crippen LogP contribution in [0.3, 0.4) is 0 Å². The first kappa shape index (κ1) is 21.4. The Kier molecular flexibility index (Phi) is 6.00. The number of aromatic nitrogens is 2. The minimum atomic E-state index is -4.50. The Morgan fingerprint density at radius 2 is 1.77 bits per heavy atom. The molecule has 31 heavy (non-hydrogen) atoms. The molecular weight excluding hydrogens is 407 g/mol. The second-order valence-electron chi connectivity index (χ2n) is 7.90. The van der Waals surface area contributed by atoms with Crippen molar-refractivity contribution in [2.24, 2.45) is 5.92 Å². The minimum absolute atomic E-state index is 0.0288. The van der Waals surface area contributed by atoms with E-state index < -0.39 is 12.0 Å². The number of rotatable bonds is 6. The standard InChI is InChI=1S/C23H24F3N3O2/c1-31-18-8-6-17(7-9-18)21(30)15-28-12-10-16(11-13-28)14-29-20-5-3-2-4-19(20)27-22(29)23(24,25)26/h2-9,16H,10-15H2,1H3. The maximum absolute atomic E-state index is 13.5. The first-order valence-corrected chi connectivity index (χ1v) is 10.3. The summed E-state index contributed by atoms with van der Waals surface area (Å²) in [4.78, 5) is 18.4. The molecule has 1 aliphatic heterocycles. The molecule has 1 fully saturated rings. The third-order valence-electron chi connectivity index (χ3n) is 5.84. The summed E-state index contributed by atoms with van der Waals surface area (Å²) >= 11 is 0. The summed E-state index contributed by atoms with van der Waals surface area (Å²) in [6, 6.07) is 13.7. The lowest BCUT2D eigenvalue weighted by molar-refractivity contribution is -0.147. The van der Waals surface area contributed by atoms with Crippen molar-refractivity contribution in [3.05, 3.63) is 59.9 Å². The number of methoxy groups -OCH3 is 1. The highest BCUT2D eigenvalue weighted by Gasteiger charge is 2.38. The number of ether oxygens (including phenoxy) is 1. The van der Waals surface area contributed by atoms with Gasteiger partial charge in [0.2, 0.25) is 5.82 Å². The zero-order valence-electron chi connectivity index (χ0n) is 17.2. The molecule has 0 bridgehead atoms. The second-order valence-corrected chi connectivity index (χ2v) is 7.90. The number of hydrogen-bond donors (Lipinski definition) is 0. The van der Waals surface area contributed by atoms with Gasteiger partial charge in [0.15, 0.2) is 5.78 Å². The van der Waals surface area contributed by atoms with Crippen LogP contribution in [-0.4, -0.2) is 47.0 Å². The van der Waals surface area contributed by atoms with Crippen LogP contribution in [0.4, 0.5) is 13.2 Å². The van der Waals surface area contributed by atoms with Gasteiger partial charge in [-0.25, -0.2) is 4.98 Å². The summed E-state index contributed by atoms with van der Waals surface area (Å²) in [5.74, 6) is -0.0134. The molecule has 164 valence electrons. The number of nitrogens with zero attached hydrogens (tertiary/aromatic N) is 3. The van der Waals surface area contributed by atoms with Crippen LogP contribution in [0.25, 0.3) is 11.0 Å². The van der Waals surface area contributed by atoms with Gasteiger partial charge in [-0.05, 0) is 68.2 Å². The fourth-order valence-electron chi connectivity index (χ4n) is 4.13. The summed E-state index contributed by atoms with van der Waals surface area (Å²) in [5.41, 5.74) is 1.49. The molecule has 2 heterocycles. The number of likely N-dealkylation sites (tertiary alicyclic amines) is 1. The lowest BCUT2D eigenvalue weighted by atomic mass is 9.96. The van der Waals surface area contributed by atoms with Crippen molar-refractivity contribution < 1.29 is 22.7 Å². The molecule has 0 saturated carbocycles. The van der Waals surface area contributed by atoms with Crippen molar-refractivity contribution in [2.45, 2.75) is 25.6 Å². The zero-order chi connectivity index (χ0) is 22.0. The van der Waals surface area contributed by atoms with Gasteiger partial charge in [-0.2, -0.15) is 13.2 Å². The molecule has 0 atom stereocenters. The Labute approximate surface area is 178 Å². The number of carbonyl (C=O) groups is 1. The third kappa shape index (κ3) is 4.74. The van der Waals surface area contributed by atoms with Gasteiger partial charge >= 0.3 is 6.18 Å². The van der Waals surface area contributed by atoms with Crippen LogP contribution in [0, 0.1) is 5.92 Å². The number of carbonyl (C=O) groups excluding carboxylic acids is 1. The van der Waals surface area contributed by atoms with E-state index in [1.54, 1.807) is 55.6 Å². The quantitative estimate of drug-likeness (QED) is 0.533. The van der Waals surface area contributed by atoms with E-state index in [1.807, 2.05) is 0 Å². The largest absolute Gasteiger partial charge is 0.497 e. The van der Waals surface area contributed by atoms with Crippen LogP contribution < -0.4 is 4.74 Å². The van der Waals surface area contributed by atoms with Crippen LogP contribution >= 0.6 is 0 Å². The van der Waals surface area contributed by atoms with E-state index >= 15 is 0 Å². The number of Topliss-reactive ketones (excluding diaryl/α,β-unsaturated/α-hetero) is 1. The van der Waals surface area contributed by atoms with Crippen LogP contribution in [0.1, 0.15) is 29.0 Å². The molecule has 5 nitrogen and oxygen atoms in total. The van der Waals surface area contributed by atoms with E-state index in [0.717, 1.165) is 12.8 Å². The fourth-order valence-corrected chi connectivity index (χ4v) is 4.13. The first-order valence-electron chi connectivity index (χ1n) is 10.3. The summed E-state index contributed by atoms with van der Waals surface area (Å²) in [6.07, 6.45) is -3.02. The van der Waals surface area contributed by atoms with Gasteiger partial charge in [0.1, 0.15) is 5.75 Å². The van der Waals surface area contributed by atoms with Crippen molar-refractivity contribution in [1.82, 2.24) is 14.5 Å². The monoisotopic (exact) mass is 431 g/mol. The average molecular weight is 431 g/mol. The van der Waals surface area contributed by atoms with Gasteiger partial charge in [0.05, 0.1) is 24.7 Å². The number of imidazole rings is 1. The van der Waals surface area contributed by atoms with Gasteiger partial charge in [-0.1, -0.05) is 12.1 Å². The summed E-state index contributed by atoms with van der Waals surface area (Å²) in [6.45, 7) is 1.94. The molecule has 0 N–H and O–H groups in total. The number of alkyl halides is 3. The number of ketones is 1. The Morgan fingerprint density at radius 3 is 2.42 bits per heavy atom. The molecular formula is C23H24F3N3O2. The van der Waals surface area contributed by atoms with Crippen LogP contribution in [0.15, 0.2) is 48.5 Å². The SMILES string of the molecule is COc1ccc(C(=O)CN2CCC(Cn3c(C(F)(F)F)nc4ccccc43)CC2)cc1. The molecule has 1 aromatic heterocycles. The molecule has 0 spiro atoms. The molecule has 8 heteroatoms. The van der Waals surface area contributed by atoms with Crippen LogP contribution in [0.2, 0.25) is 0 Å². The van der Waals surface area contributed by atoms with E-state index in [9.17, 15) is 18.0 Å². The summed E-state index contributed by atoms with van der Waals surface area (Å²) < 4.78 is 47.0. The van der Waals surface area contributed by atoms with E-state index in [-0.39, 0.29) is 18.2 Å². The van der Waals surface area contributed by atoms with E-state index in [0.29, 0.717) is 42.0 Å². The highest BCUT2D eigenvalue weighted by molar-refractivity contribution is 5.97.